The Bertz CT molecular complexity index is 1180. The van der Waals surface area contributed by atoms with Crippen LogP contribution >= 0.6 is 23.1 Å². The van der Waals surface area contributed by atoms with Crippen LogP contribution in [0.4, 0.5) is 0 Å². The molecule has 0 N–H and O–H groups in total. The number of hydrogen-bond donors (Lipinski definition) is 0. The summed E-state index contributed by atoms with van der Waals surface area (Å²) in [6.07, 6.45) is 4.87. The van der Waals surface area contributed by atoms with Gasteiger partial charge in [0.15, 0.2) is 11.0 Å². The van der Waals surface area contributed by atoms with Crippen LogP contribution in [0, 0.1) is 5.92 Å². The van der Waals surface area contributed by atoms with Gasteiger partial charge in [0.1, 0.15) is 0 Å². The summed E-state index contributed by atoms with van der Waals surface area (Å²) in [6, 6.07) is 9.39. The van der Waals surface area contributed by atoms with Crippen LogP contribution in [0.3, 0.4) is 0 Å². The third-order valence-electron chi connectivity index (χ3n) is 5.86. The molecule has 1 unspecified atom stereocenters. The van der Waals surface area contributed by atoms with E-state index in [-0.39, 0.29) is 0 Å². The summed E-state index contributed by atoms with van der Waals surface area (Å²) in [5.74, 6) is 2.33. The van der Waals surface area contributed by atoms with E-state index in [0.717, 1.165) is 22.5 Å². The number of aryl methyl sites for hydroxylation is 1. The van der Waals surface area contributed by atoms with Gasteiger partial charge in [-0.1, -0.05) is 37.2 Å². The van der Waals surface area contributed by atoms with Gasteiger partial charge < -0.3 is 4.57 Å². The number of nitrogens with zero attached hydrogens (tertiary/aromatic N) is 4. The maximum absolute atomic E-state index is 12.4. The number of rotatable bonds is 7. The van der Waals surface area contributed by atoms with Gasteiger partial charge in [0, 0.05) is 31.8 Å². The smallest absolute Gasteiger partial charge is 0.242 e. The van der Waals surface area contributed by atoms with E-state index >= 15 is 0 Å². The van der Waals surface area contributed by atoms with Crippen molar-refractivity contribution in [3.05, 3.63) is 46.3 Å². The molecule has 3 aromatic rings. The Labute approximate surface area is 192 Å². The van der Waals surface area contributed by atoms with Gasteiger partial charge in [0.05, 0.1) is 9.77 Å². The number of thioether (sulfide) groups is 1. The summed E-state index contributed by atoms with van der Waals surface area (Å²) in [7, 11) is 1.65. The van der Waals surface area contributed by atoms with Crippen LogP contribution in [0.15, 0.2) is 40.4 Å². The quantitative estimate of drug-likeness (QED) is 0.466. The van der Waals surface area contributed by atoms with Crippen LogP contribution < -0.4 is 0 Å². The minimum absolute atomic E-state index is 0.309. The van der Waals surface area contributed by atoms with Gasteiger partial charge in [-0.3, -0.25) is 0 Å². The second-order valence-corrected chi connectivity index (χ2v) is 12.4. The molecule has 0 radical (unpaired) electrons. The van der Waals surface area contributed by atoms with E-state index in [2.05, 4.69) is 23.2 Å². The Hall–Kier alpha value is -1.68. The zero-order valence-corrected chi connectivity index (χ0v) is 20.8. The lowest BCUT2D eigenvalue weighted by molar-refractivity contribution is 0.449. The number of sulfonamides is 1. The predicted octanol–water partition coefficient (Wildman–Crippen LogP) is 4.60. The molecule has 2 heterocycles. The largest absolute Gasteiger partial charge is 0.304 e. The minimum atomic E-state index is -3.44. The molecule has 1 aromatic carbocycles. The monoisotopic (exact) mass is 476 g/mol. The predicted molar refractivity (Wildman–Crippen MR) is 127 cm³/mol. The van der Waals surface area contributed by atoms with Gasteiger partial charge in [-0.15, -0.1) is 21.5 Å². The summed E-state index contributed by atoms with van der Waals surface area (Å²) in [5, 5.41) is 9.69. The van der Waals surface area contributed by atoms with Gasteiger partial charge in [-0.2, -0.15) is 0 Å². The fourth-order valence-electron chi connectivity index (χ4n) is 3.87. The molecule has 6 nitrogen and oxygen atoms in total. The Balaban J connectivity index is 1.50. The van der Waals surface area contributed by atoms with E-state index in [0.29, 0.717) is 10.6 Å². The highest BCUT2D eigenvalue weighted by Gasteiger charge is 2.23. The molecule has 0 fully saturated rings. The molecular formula is C22H28N4O2S3. The third-order valence-corrected chi connectivity index (χ3v) is 10.00. The minimum Gasteiger partial charge on any atom is -0.304 e. The van der Waals surface area contributed by atoms with Crippen molar-refractivity contribution in [2.24, 2.45) is 13.0 Å². The summed E-state index contributed by atoms with van der Waals surface area (Å²) in [6.45, 7) is 2.28. The molecule has 1 atom stereocenters. The van der Waals surface area contributed by atoms with Crippen LogP contribution in [-0.4, -0.2) is 41.6 Å². The molecular weight excluding hydrogens is 448 g/mol. The van der Waals surface area contributed by atoms with Gasteiger partial charge in [0.2, 0.25) is 10.0 Å². The highest BCUT2D eigenvalue weighted by atomic mass is 32.2. The van der Waals surface area contributed by atoms with E-state index in [4.69, 9.17) is 0 Å². The zero-order valence-electron chi connectivity index (χ0n) is 18.3. The molecule has 1 aliphatic carbocycles. The zero-order chi connectivity index (χ0) is 22.2. The van der Waals surface area contributed by atoms with Gasteiger partial charge in [-0.05, 0) is 54.5 Å². The molecule has 2 aromatic heterocycles. The van der Waals surface area contributed by atoms with Crippen LogP contribution in [0.2, 0.25) is 0 Å². The number of thiophene rings is 1. The Morgan fingerprint density at radius 3 is 2.81 bits per heavy atom. The van der Waals surface area contributed by atoms with E-state index in [1.807, 2.05) is 29.0 Å². The van der Waals surface area contributed by atoms with E-state index in [1.165, 1.54) is 45.3 Å². The van der Waals surface area contributed by atoms with Crippen LogP contribution in [0.1, 0.15) is 35.8 Å². The number of fused-ring (bicyclic) bond motifs is 1. The summed E-state index contributed by atoms with van der Waals surface area (Å²) < 4.78 is 28.1. The molecule has 0 amide bonds. The highest BCUT2D eigenvalue weighted by Crippen LogP contribution is 2.38. The van der Waals surface area contributed by atoms with Crippen molar-refractivity contribution in [1.29, 1.82) is 0 Å². The Morgan fingerprint density at radius 1 is 1.26 bits per heavy atom. The Morgan fingerprint density at radius 2 is 2.06 bits per heavy atom. The lowest BCUT2D eigenvalue weighted by atomic mass is 9.87. The first kappa shape index (κ1) is 22.5. The molecule has 0 aliphatic heterocycles. The van der Waals surface area contributed by atoms with Crippen LogP contribution in [0.25, 0.3) is 10.7 Å². The highest BCUT2D eigenvalue weighted by molar-refractivity contribution is 7.98. The summed E-state index contributed by atoms with van der Waals surface area (Å²) >= 11 is 3.41. The Kier molecular flexibility index (Phi) is 6.57. The lowest BCUT2D eigenvalue weighted by Gasteiger charge is -2.19. The fraction of sp³-hybridized carbons (Fsp3) is 0.455. The van der Waals surface area contributed by atoms with Crippen molar-refractivity contribution in [3.63, 3.8) is 0 Å². The second-order valence-electron chi connectivity index (χ2n) is 8.16. The standard InChI is InChI=1S/C22H28N4O2S3/c1-5-15-9-10-19-17(11-15)13-20(30-19)21-23-24-22(26(21)4)29-14-16-7-6-8-18(12-16)31(27,28)25(2)3/h6-8,12-13,15H,5,9-11,14H2,1-4H3. The van der Waals surface area contributed by atoms with Crippen molar-refractivity contribution >= 4 is 33.1 Å². The fourth-order valence-corrected chi connectivity index (χ4v) is 6.92. The van der Waals surface area contributed by atoms with E-state index in [9.17, 15) is 8.42 Å². The molecule has 0 bridgehead atoms. The topological polar surface area (TPSA) is 68.1 Å². The molecule has 1 aliphatic rings. The van der Waals surface area contributed by atoms with Crippen molar-refractivity contribution in [3.8, 4) is 10.7 Å². The van der Waals surface area contributed by atoms with Crippen LogP contribution in [-0.2, 0) is 35.7 Å². The van der Waals surface area contributed by atoms with E-state index in [1.54, 1.807) is 44.1 Å². The number of hydrogen-bond acceptors (Lipinski definition) is 6. The van der Waals surface area contributed by atoms with E-state index < -0.39 is 10.0 Å². The normalized spacial score (nSPS) is 16.6. The molecule has 4 rings (SSSR count). The first-order valence-electron chi connectivity index (χ1n) is 10.4. The molecule has 0 spiro atoms. The third kappa shape index (κ3) is 4.60. The number of aromatic nitrogens is 3. The summed E-state index contributed by atoms with van der Waals surface area (Å²) in [4.78, 5) is 2.99. The number of benzene rings is 1. The average molecular weight is 477 g/mol. The molecule has 31 heavy (non-hydrogen) atoms. The maximum atomic E-state index is 12.4. The molecule has 0 saturated heterocycles. The first-order chi connectivity index (χ1) is 14.8. The van der Waals surface area contributed by atoms with Crippen molar-refractivity contribution in [2.75, 3.05) is 14.1 Å². The van der Waals surface area contributed by atoms with Gasteiger partial charge in [-0.25, -0.2) is 12.7 Å². The molecule has 166 valence electrons. The summed E-state index contributed by atoms with van der Waals surface area (Å²) in [5.41, 5.74) is 2.42. The first-order valence-corrected chi connectivity index (χ1v) is 13.7. The van der Waals surface area contributed by atoms with Crippen LogP contribution in [0.5, 0.6) is 0 Å². The van der Waals surface area contributed by atoms with Gasteiger partial charge >= 0.3 is 0 Å². The van der Waals surface area contributed by atoms with Crippen molar-refractivity contribution in [1.82, 2.24) is 19.1 Å². The second kappa shape index (κ2) is 9.05. The average Bonchev–Trinajstić information content (AvgIpc) is 3.34. The molecule has 0 saturated carbocycles. The SMILES string of the molecule is CCC1CCc2sc(-c3nnc(SCc4cccc(S(=O)(=O)N(C)C)c4)n3C)cc2C1. The maximum Gasteiger partial charge on any atom is 0.242 e. The van der Waals surface area contributed by atoms with Crippen molar-refractivity contribution < 1.29 is 8.42 Å². The van der Waals surface area contributed by atoms with Gasteiger partial charge in [0.25, 0.3) is 0 Å². The lowest BCUT2D eigenvalue weighted by Crippen LogP contribution is -2.22. The molecule has 9 heteroatoms. The van der Waals surface area contributed by atoms with Crippen molar-refractivity contribution in [2.45, 2.75) is 48.4 Å².